The molecule has 7 nitrogen and oxygen atoms in total. The molecular formula is C22H18N2O5S2. The Kier molecular flexibility index (Phi) is 5.30. The lowest BCUT2D eigenvalue weighted by Crippen LogP contribution is -2.14. The van der Waals surface area contributed by atoms with Crippen LogP contribution < -0.4 is 9.44 Å². The first-order valence-corrected chi connectivity index (χ1v) is 12.1. The SMILES string of the molecule is O=S(=O)(Nc1ccc2c(NS(=O)(=O)c3ccccc3)cccc2c1O)c1ccccc1. The summed E-state index contributed by atoms with van der Waals surface area (Å²) in [7, 11) is -7.74. The summed E-state index contributed by atoms with van der Waals surface area (Å²) in [5, 5.41) is 11.4. The minimum Gasteiger partial charge on any atom is -0.505 e. The fraction of sp³-hybridized carbons (Fsp3) is 0. The van der Waals surface area contributed by atoms with Crippen molar-refractivity contribution in [1.29, 1.82) is 0 Å². The van der Waals surface area contributed by atoms with Gasteiger partial charge >= 0.3 is 0 Å². The molecule has 4 aromatic carbocycles. The second-order valence-corrected chi connectivity index (χ2v) is 10.1. The van der Waals surface area contributed by atoms with E-state index in [1.807, 2.05) is 0 Å². The largest absolute Gasteiger partial charge is 0.505 e. The van der Waals surface area contributed by atoms with Crippen molar-refractivity contribution in [1.82, 2.24) is 0 Å². The van der Waals surface area contributed by atoms with Crippen LogP contribution in [0.1, 0.15) is 0 Å². The van der Waals surface area contributed by atoms with Crippen LogP contribution in [0.4, 0.5) is 11.4 Å². The van der Waals surface area contributed by atoms with E-state index in [1.165, 1.54) is 30.3 Å². The second-order valence-electron chi connectivity index (χ2n) is 6.70. The van der Waals surface area contributed by atoms with E-state index in [9.17, 15) is 21.9 Å². The molecule has 9 heteroatoms. The lowest BCUT2D eigenvalue weighted by molar-refractivity contribution is 0.484. The molecular weight excluding hydrogens is 436 g/mol. The summed E-state index contributed by atoms with van der Waals surface area (Å²) in [4.78, 5) is 0.155. The molecule has 4 aromatic rings. The highest BCUT2D eigenvalue weighted by Gasteiger charge is 2.19. The van der Waals surface area contributed by atoms with E-state index in [-0.39, 0.29) is 26.9 Å². The maximum atomic E-state index is 12.7. The van der Waals surface area contributed by atoms with E-state index >= 15 is 0 Å². The zero-order valence-corrected chi connectivity index (χ0v) is 17.7. The van der Waals surface area contributed by atoms with Gasteiger partial charge < -0.3 is 5.11 Å². The fourth-order valence-electron chi connectivity index (χ4n) is 3.12. The summed E-state index contributed by atoms with van der Waals surface area (Å²) in [6, 6.07) is 23.3. The van der Waals surface area contributed by atoms with Gasteiger partial charge in [0.25, 0.3) is 20.0 Å². The highest BCUT2D eigenvalue weighted by atomic mass is 32.2. The molecule has 0 saturated carbocycles. The quantitative estimate of drug-likeness (QED) is 0.379. The van der Waals surface area contributed by atoms with Crippen molar-refractivity contribution in [2.45, 2.75) is 9.79 Å². The number of benzene rings is 4. The van der Waals surface area contributed by atoms with E-state index in [2.05, 4.69) is 9.44 Å². The highest BCUT2D eigenvalue weighted by molar-refractivity contribution is 7.93. The van der Waals surface area contributed by atoms with Gasteiger partial charge in [0.2, 0.25) is 0 Å². The number of phenols is 1. The maximum Gasteiger partial charge on any atom is 0.262 e. The Morgan fingerprint density at radius 2 is 1.03 bits per heavy atom. The predicted octanol–water partition coefficient (Wildman–Crippen LogP) is 4.15. The molecule has 0 amide bonds. The Labute approximate surface area is 180 Å². The van der Waals surface area contributed by atoms with Crippen molar-refractivity contribution in [2.75, 3.05) is 9.44 Å². The van der Waals surface area contributed by atoms with E-state index < -0.39 is 20.0 Å². The van der Waals surface area contributed by atoms with E-state index in [0.29, 0.717) is 10.8 Å². The van der Waals surface area contributed by atoms with Crippen molar-refractivity contribution < 1.29 is 21.9 Å². The molecule has 0 atom stereocenters. The van der Waals surface area contributed by atoms with Gasteiger partial charge in [-0.25, -0.2) is 16.8 Å². The standard InChI is InChI=1S/C22H18N2O5S2/c25-22-19-12-7-13-20(23-30(26,27)16-8-3-1-4-9-16)18(19)14-15-21(22)24-31(28,29)17-10-5-2-6-11-17/h1-15,23-25H. The van der Waals surface area contributed by atoms with E-state index in [1.54, 1.807) is 60.7 Å². The van der Waals surface area contributed by atoms with Gasteiger partial charge in [-0.15, -0.1) is 0 Å². The van der Waals surface area contributed by atoms with Crippen LogP contribution >= 0.6 is 0 Å². The average Bonchev–Trinajstić information content (AvgIpc) is 2.77. The summed E-state index contributed by atoms with van der Waals surface area (Å²) >= 11 is 0. The number of sulfonamides is 2. The summed E-state index contributed by atoms with van der Waals surface area (Å²) in [6.07, 6.45) is 0. The van der Waals surface area contributed by atoms with Crippen molar-refractivity contribution in [2.24, 2.45) is 0 Å². The Balaban J connectivity index is 1.72. The van der Waals surface area contributed by atoms with E-state index in [4.69, 9.17) is 0 Å². The van der Waals surface area contributed by atoms with Gasteiger partial charge in [0, 0.05) is 10.8 Å². The third kappa shape index (κ3) is 4.18. The van der Waals surface area contributed by atoms with Crippen molar-refractivity contribution in [3.05, 3.63) is 91.0 Å². The zero-order chi connectivity index (χ0) is 22.1. The smallest absolute Gasteiger partial charge is 0.262 e. The third-order valence-corrected chi connectivity index (χ3v) is 7.39. The van der Waals surface area contributed by atoms with Crippen LogP contribution in [0.15, 0.2) is 101 Å². The van der Waals surface area contributed by atoms with Gasteiger partial charge in [0.15, 0.2) is 0 Å². The number of aromatic hydroxyl groups is 1. The number of fused-ring (bicyclic) bond motifs is 1. The summed E-state index contributed by atoms with van der Waals surface area (Å²) in [5.74, 6) is -0.308. The molecule has 0 spiro atoms. The van der Waals surface area contributed by atoms with Crippen LogP contribution in [0.3, 0.4) is 0 Å². The third-order valence-electron chi connectivity index (χ3n) is 4.63. The maximum absolute atomic E-state index is 12.7. The number of hydrogen-bond acceptors (Lipinski definition) is 5. The summed E-state index contributed by atoms with van der Waals surface area (Å²) in [6.45, 7) is 0. The molecule has 158 valence electrons. The molecule has 0 aliphatic heterocycles. The number of nitrogens with one attached hydrogen (secondary N) is 2. The number of anilines is 2. The molecule has 0 radical (unpaired) electrons. The highest BCUT2D eigenvalue weighted by Crippen LogP contribution is 2.37. The Morgan fingerprint density at radius 1 is 0.516 bits per heavy atom. The molecule has 0 unspecified atom stereocenters. The van der Waals surface area contributed by atoms with Crippen LogP contribution in [0.25, 0.3) is 10.8 Å². The lowest BCUT2D eigenvalue weighted by Gasteiger charge is -2.14. The van der Waals surface area contributed by atoms with Gasteiger partial charge in [0.1, 0.15) is 5.75 Å². The van der Waals surface area contributed by atoms with Crippen LogP contribution in [0, 0.1) is 0 Å². The molecule has 0 aromatic heterocycles. The number of phenolic OH excluding ortho intramolecular Hbond substituents is 1. The van der Waals surface area contributed by atoms with Gasteiger partial charge in [-0.3, -0.25) is 9.44 Å². The first-order valence-electron chi connectivity index (χ1n) is 9.18. The number of rotatable bonds is 6. The van der Waals surface area contributed by atoms with Crippen LogP contribution in [-0.4, -0.2) is 21.9 Å². The van der Waals surface area contributed by atoms with Crippen LogP contribution in [-0.2, 0) is 20.0 Å². The first kappa shape index (κ1) is 20.7. The van der Waals surface area contributed by atoms with Crippen LogP contribution in [0.5, 0.6) is 5.75 Å². The summed E-state index contributed by atoms with van der Waals surface area (Å²) in [5.41, 5.74) is 0.244. The first-order chi connectivity index (χ1) is 14.8. The molecule has 0 heterocycles. The van der Waals surface area contributed by atoms with Gasteiger partial charge in [-0.1, -0.05) is 48.5 Å². The zero-order valence-electron chi connectivity index (χ0n) is 16.1. The van der Waals surface area contributed by atoms with Gasteiger partial charge in [0.05, 0.1) is 21.2 Å². The van der Waals surface area contributed by atoms with Gasteiger partial charge in [-0.05, 0) is 42.5 Å². The normalized spacial score (nSPS) is 11.9. The van der Waals surface area contributed by atoms with Crippen molar-refractivity contribution in [3.8, 4) is 5.75 Å². The minimum atomic E-state index is -3.90. The Hall–Kier alpha value is -3.56. The monoisotopic (exact) mass is 454 g/mol. The Bertz CT molecular complexity index is 1450. The molecule has 3 N–H and O–H groups in total. The molecule has 31 heavy (non-hydrogen) atoms. The molecule has 0 aliphatic rings. The fourth-order valence-corrected chi connectivity index (χ4v) is 5.31. The van der Waals surface area contributed by atoms with Gasteiger partial charge in [-0.2, -0.15) is 0 Å². The van der Waals surface area contributed by atoms with E-state index in [0.717, 1.165) is 0 Å². The average molecular weight is 455 g/mol. The molecule has 0 aliphatic carbocycles. The Morgan fingerprint density at radius 3 is 1.58 bits per heavy atom. The summed E-state index contributed by atoms with van der Waals surface area (Å²) < 4.78 is 55.4. The van der Waals surface area contributed by atoms with Crippen molar-refractivity contribution in [3.63, 3.8) is 0 Å². The second kappa shape index (κ2) is 7.93. The van der Waals surface area contributed by atoms with Crippen LogP contribution in [0.2, 0.25) is 0 Å². The predicted molar refractivity (Wildman–Crippen MR) is 120 cm³/mol. The lowest BCUT2D eigenvalue weighted by atomic mass is 10.1. The molecule has 0 fully saturated rings. The minimum absolute atomic E-state index is 0.0144. The molecule has 0 saturated heterocycles. The van der Waals surface area contributed by atoms with Crippen molar-refractivity contribution >= 4 is 42.2 Å². The molecule has 4 rings (SSSR count). The number of hydrogen-bond donors (Lipinski definition) is 3. The topological polar surface area (TPSA) is 113 Å². The molecule has 0 bridgehead atoms.